The third-order valence-electron chi connectivity index (χ3n) is 1.65. The third kappa shape index (κ3) is 5.35. The van der Waals surface area contributed by atoms with Crippen LogP contribution in [0.25, 0.3) is 0 Å². The fourth-order valence-electron chi connectivity index (χ4n) is 1.41. The summed E-state index contributed by atoms with van der Waals surface area (Å²) in [4.78, 5) is 0.554. The van der Waals surface area contributed by atoms with Gasteiger partial charge in [-0.3, -0.25) is 0 Å². The highest BCUT2D eigenvalue weighted by Crippen LogP contribution is 2.34. The first-order valence-corrected chi connectivity index (χ1v) is 5.46. The van der Waals surface area contributed by atoms with Crippen LogP contribution in [0, 0.1) is 5.41 Å². The molecule has 0 aliphatic heterocycles. The molecule has 0 aliphatic carbocycles. The average molecular weight is 156 g/mol. The summed E-state index contributed by atoms with van der Waals surface area (Å²) >= 11 is 0. The van der Waals surface area contributed by atoms with E-state index >= 15 is 0 Å². The van der Waals surface area contributed by atoms with Gasteiger partial charge in [-0.1, -0.05) is 32.1 Å². The third-order valence-corrected chi connectivity index (χ3v) is 3.18. The Morgan fingerprint density at radius 1 is 1.20 bits per heavy atom. The van der Waals surface area contributed by atoms with Gasteiger partial charge in [-0.05, 0) is 12.1 Å². The summed E-state index contributed by atoms with van der Waals surface area (Å²) < 4.78 is 0. The molecule has 3 heteroatoms. The first-order valence-electron chi connectivity index (χ1n) is 3.96. The molecule has 0 bridgehead atoms. The largest absolute Gasteiger partial charge is 0.135 e. The average Bonchev–Trinajstić information content (AvgIpc) is 1.60. The summed E-state index contributed by atoms with van der Waals surface area (Å²) in [5.41, 5.74) is 0.493. The Bertz CT molecular complexity index is 105. The maximum atomic E-state index is 2.36. The van der Waals surface area contributed by atoms with Crippen LogP contribution in [0.15, 0.2) is 0 Å². The molecular weight excluding hydrogens is 137 g/mol. The van der Waals surface area contributed by atoms with Gasteiger partial charge in [0.2, 0.25) is 0 Å². The van der Waals surface area contributed by atoms with E-state index in [-0.39, 0.29) is 0 Å². The van der Waals surface area contributed by atoms with Crippen LogP contribution in [0.5, 0.6) is 0 Å². The lowest BCUT2D eigenvalue weighted by molar-refractivity contribution is 0.383. The van der Waals surface area contributed by atoms with Crippen molar-refractivity contribution in [3.63, 3.8) is 0 Å². The van der Waals surface area contributed by atoms with Crippen molar-refractivity contribution in [2.45, 2.75) is 32.1 Å². The van der Waals surface area contributed by atoms with Gasteiger partial charge in [0, 0.05) is 0 Å². The summed E-state index contributed by atoms with van der Waals surface area (Å²) in [6.45, 7) is 9.24. The Morgan fingerprint density at radius 3 is 1.70 bits per heavy atom. The summed E-state index contributed by atoms with van der Waals surface area (Å²) in [5, 5.41) is 0. The van der Waals surface area contributed by atoms with Crippen LogP contribution in [0.4, 0.5) is 0 Å². The molecule has 0 aliphatic rings. The monoisotopic (exact) mass is 156 g/mol. The Labute approximate surface area is 69.1 Å². The molecule has 0 rings (SSSR count). The van der Waals surface area contributed by atoms with Crippen molar-refractivity contribution in [1.82, 2.24) is 0 Å². The van der Waals surface area contributed by atoms with Crippen molar-refractivity contribution in [2.24, 2.45) is 5.41 Å². The molecule has 0 fully saturated rings. The summed E-state index contributed by atoms with van der Waals surface area (Å²) in [6, 6.07) is 0. The predicted molar refractivity (Wildman–Crippen MR) is 58.1 cm³/mol. The molecule has 0 aromatic heterocycles. The van der Waals surface area contributed by atoms with E-state index in [0.717, 1.165) is 8.58 Å². The van der Waals surface area contributed by atoms with Crippen molar-refractivity contribution >= 4 is 24.3 Å². The Morgan fingerprint density at radius 2 is 1.60 bits per heavy atom. The molecule has 0 spiro atoms. The van der Waals surface area contributed by atoms with Crippen LogP contribution < -0.4 is 0 Å². The smallest absolute Gasteiger partial charge is 0.104 e. The minimum absolute atomic E-state index is 0.493. The zero-order chi connectivity index (χ0) is 8.41. The van der Waals surface area contributed by atoms with Crippen molar-refractivity contribution in [3.05, 3.63) is 0 Å². The molecule has 0 amide bonds. The van der Waals surface area contributed by atoms with Gasteiger partial charge in [0.1, 0.15) is 15.7 Å². The zero-order valence-corrected chi connectivity index (χ0v) is 9.21. The van der Waals surface area contributed by atoms with E-state index in [1.165, 1.54) is 6.42 Å². The zero-order valence-electron chi connectivity index (χ0n) is 8.21. The van der Waals surface area contributed by atoms with Crippen LogP contribution in [-0.4, -0.2) is 27.3 Å². The SMILES string of the molecule is BC(B)(CC(C)(C)C)PC. The van der Waals surface area contributed by atoms with E-state index in [1.54, 1.807) is 0 Å². The van der Waals surface area contributed by atoms with Gasteiger partial charge in [0.05, 0.1) is 0 Å². The van der Waals surface area contributed by atoms with E-state index in [9.17, 15) is 0 Å². The number of hydrogen-bond donors (Lipinski definition) is 0. The Balaban J connectivity index is 3.89. The van der Waals surface area contributed by atoms with Gasteiger partial charge in [-0.25, -0.2) is 0 Å². The fraction of sp³-hybridized carbons (Fsp3) is 1.00. The van der Waals surface area contributed by atoms with Gasteiger partial charge >= 0.3 is 0 Å². The molecule has 0 radical (unpaired) electrons. The first-order chi connectivity index (χ1) is 4.27. The highest BCUT2D eigenvalue weighted by Gasteiger charge is 2.23. The Hall–Kier alpha value is 0.560. The molecule has 0 saturated heterocycles. The lowest BCUT2D eigenvalue weighted by atomic mass is 9.62. The second-order valence-corrected chi connectivity index (χ2v) is 6.72. The highest BCUT2D eigenvalue weighted by molar-refractivity contribution is 7.44. The van der Waals surface area contributed by atoms with Crippen molar-refractivity contribution < 1.29 is 0 Å². The number of rotatable bonds is 2. The van der Waals surface area contributed by atoms with Gasteiger partial charge in [0.15, 0.2) is 0 Å². The molecule has 1 atom stereocenters. The van der Waals surface area contributed by atoms with Crippen molar-refractivity contribution in [3.8, 4) is 0 Å². The molecule has 0 N–H and O–H groups in total. The summed E-state index contributed by atoms with van der Waals surface area (Å²) in [7, 11) is 5.77. The van der Waals surface area contributed by atoms with E-state index < -0.39 is 0 Å². The molecule has 0 saturated carbocycles. The van der Waals surface area contributed by atoms with Crippen LogP contribution in [0.1, 0.15) is 27.2 Å². The van der Waals surface area contributed by atoms with Gasteiger partial charge < -0.3 is 0 Å². The standard InChI is InChI=1S/C7H19B2P/c1-6(2,3)5-7(8,9)10-4/h10H,5,8-9H2,1-4H3. The van der Waals surface area contributed by atoms with Crippen LogP contribution in [-0.2, 0) is 0 Å². The summed E-state index contributed by atoms with van der Waals surface area (Å²) in [6.07, 6.45) is 1.33. The van der Waals surface area contributed by atoms with Gasteiger partial charge in [-0.15, -0.1) is 8.58 Å². The predicted octanol–water partition coefficient (Wildman–Crippen LogP) is 0.651. The van der Waals surface area contributed by atoms with E-state index in [0.29, 0.717) is 10.4 Å². The van der Waals surface area contributed by atoms with Gasteiger partial charge in [0.25, 0.3) is 0 Å². The quantitative estimate of drug-likeness (QED) is 0.406. The van der Waals surface area contributed by atoms with Crippen LogP contribution in [0.2, 0.25) is 0 Å². The van der Waals surface area contributed by atoms with Crippen LogP contribution >= 0.6 is 8.58 Å². The Kier molecular flexibility index (Phi) is 3.49. The minimum Gasteiger partial charge on any atom is -0.135 e. The molecule has 0 aromatic rings. The molecule has 1 unspecified atom stereocenters. The van der Waals surface area contributed by atoms with Crippen molar-refractivity contribution in [1.29, 1.82) is 0 Å². The topological polar surface area (TPSA) is 0 Å². The van der Waals surface area contributed by atoms with E-state index in [2.05, 4.69) is 43.1 Å². The molecule has 58 valence electrons. The minimum atomic E-state index is 0.493. The number of hydrogen-bond acceptors (Lipinski definition) is 0. The second-order valence-electron chi connectivity index (χ2n) is 4.87. The van der Waals surface area contributed by atoms with Crippen LogP contribution in [0.3, 0.4) is 0 Å². The normalized spacial score (nSPS) is 14.8. The highest BCUT2D eigenvalue weighted by atomic mass is 31.1. The second kappa shape index (κ2) is 3.30. The molecular formula is C7H19B2P. The maximum absolute atomic E-state index is 2.36. The molecule has 0 aromatic carbocycles. The summed E-state index contributed by atoms with van der Waals surface area (Å²) in [5.74, 6) is 0. The van der Waals surface area contributed by atoms with E-state index in [4.69, 9.17) is 0 Å². The molecule has 0 nitrogen and oxygen atoms in total. The van der Waals surface area contributed by atoms with E-state index in [1.807, 2.05) is 0 Å². The lowest BCUT2D eigenvalue weighted by Crippen LogP contribution is -2.29. The maximum Gasteiger partial charge on any atom is 0.104 e. The molecule has 10 heavy (non-hydrogen) atoms. The first kappa shape index (κ1) is 10.6. The molecule has 0 heterocycles. The van der Waals surface area contributed by atoms with Gasteiger partial charge in [-0.2, -0.15) is 0 Å². The van der Waals surface area contributed by atoms with Crippen molar-refractivity contribution in [2.75, 3.05) is 6.66 Å². The fourth-order valence-corrected chi connectivity index (χ4v) is 2.12. The lowest BCUT2D eigenvalue weighted by Gasteiger charge is -2.31.